The summed E-state index contributed by atoms with van der Waals surface area (Å²) in [5.74, 6) is -1.02. The van der Waals surface area contributed by atoms with Gasteiger partial charge >= 0.3 is 6.03 Å². The molecule has 1 aliphatic rings. The Morgan fingerprint density at radius 1 is 1.00 bits per heavy atom. The number of piperidine rings is 1. The van der Waals surface area contributed by atoms with Crippen LogP contribution in [0.2, 0.25) is 0 Å². The molecule has 7 nitrogen and oxygen atoms in total. The van der Waals surface area contributed by atoms with E-state index in [1.165, 1.54) is 0 Å². The van der Waals surface area contributed by atoms with Crippen LogP contribution in [-0.4, -0.2) is 35.8 Å². The summed E-state index contributed by atoms with van der Waals surface area (Å²) in [7, 11) is 0. The molecule has 0 aromatic heterocycles. The van der Waals surface area contributed by atoms with Gasteiger partial charge < -0.3 is 10.2 Å². The van der Waals surface area contributed by atoms with Crippen LogP contribution in [0.15, 0.2) is 54.6 Å². The van der Waals surface area contributed by atoms with Crippen molar-refractivity contribution in [1.82, 2.24) is 15.8 Å². The molecular formula is C22H26N4O3. The Balaban J connectivity index is 1.49. The molecule has 3 N–H and O–H groups in total. The molecule has 1 atom stereocenters. The zero-order valence-corrected chi connectivity index (χ0v) is 16.5. The van der Waals surface area contributed by atoms with Crippen LogP contribution in [0.4, 0.5) is 10.5 Å². The summed E-state index contributed by atoms with van der Waals surface area (Å²) in [6.07, 6.45) is 2.30. The van der Waals surface area contributed by atoms with Crippen molar-refractivity contribution in [2.45, 2.75) is 26.2 Å². The second-order valence-electron chi connectivity index (χ2n) is 7.08. The van der Waals surface area contributed by atoms with Crippen molar-refractivity contribution in [1.29, 1.82) is 0 Å². The first-order valence-electron chi connectivity index (χ1n) is 9.87. The number of carbonyl (C=O) groups excluding carboxylic acids is 3. The first-order valence-corrected chi connectivity index (χ1v) is 9.87. The normalized spacial score (nSPS) is 16.0. The lowest BCUT2D eigenvalue weighted by atomic mass is 9.97. The van der Waals surface area contributed by atoms with Gasteiger partial charge in [-0.05, 0) is 49.1 Å². The fraction of sp³-hybridized carbons (Fsp3) is 0.318. The number of para-hydroxylation sites is 1. The van der Waals surface area contributed by atoms with Crippen molar-refractivity contribution in [3.63, 3.8) is 0 Å². The van der Waals surface area contributed by atoms with E-state index in [4.69, 9.17) is 0 Å². The predicted octanol–water partition coefficient (Wildman–Crippen LogP) is 2.95. The Morgan fingerprint density at radius 3 is 2.41 bits per heavy atom. The molecule has 1 fully saturated rings. The first-order chi connectivity index (χ1) is 14.1. The maximum Gasteiger partial charge on any atom is 0.321 e. The minimum Gasteiger partial charge on any atom is -0.324 e. The van der Waals surface area contributed by atoms with Gasteiger partial charge in [0.15, 0.2) is 0 Å². The number of hydrogen-bond acceptors (Lipinski definition) is 3. The van der Waals surface area contributed by atoms with Crippen LogP contribution in [0.3, 0.4) is 0 Å². The van der Waals surface area contributed by atoms with Crippen molar-refractivity contribution < 1.29 is 14.4 Å². The lowest BCUT2D eigenvalue weighted by Gasteiger charge is -2.32. The number of hydrogen-bond donors (Lipinski definition) is 3. The van der Waals surface area contributed by atoms with Crippen molar-refractivity contribution >= 4 is 23.5 Å². The second kappa shape index (κ2) is 9.73. The number of benzene rings is 2. The number of nitrogens with zero attached hydrogens (tertiary/aromatic N) is 1. The summed E-state index contributed by atoms with van der Waals surface area (Å²) in [5, 5.41) is 2.84. The summed E-state index contributed by atoms with van der Waals surface area (Å²) >= 11 is 0. The zero-order valence-electron chi connectivity index (χ0n) is 16.5. The molecule has 3 rings (SSSR count). The fourth-order valence-electron chi connectivity index (χ4n) is 3.28. The third-order valence-corrected chi connectivity index (χ3v) is 5.03. The Hall–Kier alpha value is -3.35. The van der Waals surface area contributed by atoms with Crippen molar-refractivity contribution in [3.8, 4) is 0 Å². The van der Waals surface area contributed by atoms with Crippen LogP contribution >= 0.6 is 0 Å². The van der Waals surface area contributed by atoms with Gasteiger partial charge in [-0.25, -0.2) is 4.79 Å². The molecule has 1 aliphatic heterocycles. The van der Waals surface area contributed by atoms with Gasteiger partial charge in [-0.2, -0.15) is 0 Å². The number of rotatable bonds is 4. The van der Waals surface area contributed by atoms with Gasteiger partial charge in [-0.1, -0.05) is 37.3 Å². The molecule has 1 saturated heterocycles. The maximum absolute atomic E-state index is 12.5. The van der Waals surface area contributed by atoms with E-state index < -0.39 is 0 Å². The summed E-state index contributed by atoms with van der Waals surface area (Å²) < 4.78 is 0. The van der Waals surface area contributed by atoms with E-state index in [-0.39, 0.29) is 23.8 Å². The van der Waals surface area contributed by atoms with Gasteiger partial charge in [0.1, 0.15) is 0 Å². The van der Waals surface area contributed by atoms with Crippen LogP contribution in [0, 0.1) is 5.92 Å². The average molecular weight is 394 g/mol. The highest BCUT2D eigenvalue weighted by atomic mass is 16.2. The largest absolute Gasteiger partial charge is 0.324 e. The SMILES string of the molecule is CCc1ccc(C(=O)NNC(=O)C2CCCN(C(=O)Nc3ccccc3)C2)cc1. The number of hydrazine groups is 1. The smallest absolute Gasteiger partial charge is 0.321 e. The molecule has 2 aromatic carbocycles. The molecule has 0 spiro atoms. The summed E-state index contributed by atoms with van der Waals surface area (Å²) in [6, 6.07) is 16.2. The summed E-state index contributed by atoms with van der Waals surface area (Å²) in [6.45, 7) is 2.95. The van der Waals surface area contributed by atoms with Crippen LogP contribution < -0.4 is 16.2 Å². The van der Waals surface area contributed by atoms with E-state index in [2.05, 4.69) is 16.2 Å². The molecule has 29 heavy (non-hydrogen) atoms. The third-order valence-electron chi connectivity index (χ3n) is 5.03. The van der Waals surface area contributed by atoms with Crippen LogP contribution in [0.1, 0.15) is 35.7 Å². The number of carbonyl (C=O) groups is 3. The van der Waals surface area contributed by atoms with Crippen molar-refractivity contribution in [2.75, 3.05) is 18.4 Å². The molecule has 1 unspecified atom stereocenters. The topological polar surface area (TPSA) is 90.5 Å². The van der Waals surface area contributed by atoms with Gasteiger partial charge in [-0.3, -0.25) is 20.4 Å². The molecule has 152 valence electrons. The van der Waals surface area contributed by atoms with Gasteiger partial charge in [-0.15, -0.1) is 0 Å². The quantitative estimate of drug-likeness (QED) is 0.697. The Kier molecular flexibility index (Phi) is 6.84. The van der Waals surface area contributed by atoms with E-state index in [0.717, 1.165) is 18.4 Å². The van der Waals surface area contributed by atoms with Gasteiger partial charge in [0.2, 0.25) is 5.91 Å². The van der Waals surface area contributed by atoms with Gasteiger partial charge in [0.25, 0.3) is 5.91 Å². The summed E-state index contributed by atoms with van der Waals surface area (Å²) in [5.41, 5.74) is 7.29. The zero-order chi connectivity index (χ0) is 20.6. The van der Waals surface area contributed by atoms with Gasteiger partial charge in [0, 0.05) is 24.3 Å². The van der Waals surface area contributed by atoms with Crippen LogP contribution in [0.25, 0.3) is 0 Å². The van der Waals surface area contributed by atoms with E-state index in [9.17, 15) is 14.4 Å². The molecule has 4 amide bonds. The van der Waals surface area contributed by atoms with Crippen LogP contribution in [0.5, 0.6) is 0 Å². The van der Waals surface area contributed by atoms with E-state index in [1.54, 1.807) is 17.0 Å². The lowest BCUT2D eigenvalue weighted by Crippen LogP contribution is -2.50. The van der Waals surface area contributed by atoms with Crippen LogP contribution in [-0.2, 0) is 11.2 Å². The molecule has 0 bridgehead atoms. The monoisotopic (exact) mass is 394 g/mol. The molecule has 2 aromatic rings. The fourth-order valence-corrected chi connectivity index (χ4v) is 3.28. The number of anilines is 1. The molecule has 7 heteroatoms. The Labute approximate surface area is 170 Å². The van der Waals surface area contributed by atoms with Gasteiger partial charge in [0.05, 0.1) is 5.92 Å². The molecule has 0 saturated carbocycles. The standard InChI is InChI=1S/C22H26N4O3/c1-2-16-10-12-17(13-11-16)20(27)24-25-21(28)18-7-6-14-26(15-18)22(29)23-19-8-4-3-5-9-19/h3-5,8-13,18H,2,6-7,14-15H2,1H3,(H,23,29)(H,24,27)(H,25,28). The minimum absolute atomic E-state index is 0.228. The highest BCUT2D eigenvalue weighted by molar-refractivity contribution is 5.95. The number of amides is 4. The maximum atomic E-state index is 12.5. The Morgan fingerprint density at radius 2 is 1.72 bits per heavy atom. The van der Waals surface area contributed by atoms with E-state index in [0.29, 0.717) is 30.8 Å². The molecule has 0 aliphatic carbocycles. The van der Waals surface area contributed by atoms with E-state index >= 15 is 0 Å². The number of urea groups is 1. The Bertz CT molecular complexity index is 852. The third kappa shape index (κ3) is 5.57. The first kappa shape index (κ1) is 20.4. The van der Waals surface area contributed by atoms with Crippen molar-refractivity contribution in [2.24, 2.45) is 5.92 Å². The highest BCUT2D eigenvalue weighted by Crippen LogP contribution is 2.18. The summed E-state index contributed by atoms with van der Waals surface area (Å²) in [4.78, 5) is 38.8. The average Bonchev–Trinajstić information content (AvgIpc) is 2.78. The second-order valence-corrected chi connectivity index (χ2v) is 7.08. The van der Waals surface area contributed by atoms with Crippen molar-refractivity contribution in [3.05, 3.63) is 65.7 Å². The van der Waals surface area contributed by atoms with E-state index in [1.807, 2.05) is 49.4 Å². The molecular weight excluding hydrogens is 368 g/mol. The number of nitrogens with one attached hydrogen (secondary N) is 3. The predicted molar refractivity (Wildman–Crippen MR) is 111 cm³/mol. The number of aryl methyl sites for hydroxylation is 1. The number of likely N-dealkylation sites (tertiary alicyclic amines) is 1. The molecule has 1 heterocycles. The highest BCUT2D eigenvalue weighted by Gasteiger charge is 2.28. The minimum atomic E-state index is -0.368. The lowest BCUT2D eigenvalue weighted by molar-refractivity contribution is -0.127. The molecule has 0 radical (unpaired) electrons.